The summed E-state index contributed by atoms with van der Waals surface area (Å²) >= 11 is 7.23. The third-order valence-electron chi connectivity index (χ3n) is 5.92. The van der Waals surface area contributed by atoms with E-state index >= 15 is 0 Å². The molecule has 0 radical (unpaired) electrons. The van der Waals surface area contributed by atoms with Crippen LogP contribution < -0.4 is 14.8 Å². The number of ether oxygens (including phenoxy) is 3. The molecule has 2 amide bonds. The Hall–Kier alpha value is -4.02. The molecule has 2 aliphatic rings. The Bertz CT molecular complexity index is 1430. The van der Waals surface area contributed by atoms with E-state index in [4.69, 9.17) is 25.8 Å². The summed E-state index contributed by atoms with van der Waals surface area (Å²) in [7, 11) is 0. The molecule has 3 aromatic carbocycles. The molecular formula is C28H24ClN3O6S. The molecule has 1 fully saturated rings. The summed E-state index contributed by atoms with van der Waals surface area (Å²) in [5.41, 5.74) is 2.32. The molecule has 2 aliphatic heterocycles. The number of hydrogen-bond donors (Lipinski definition) is 1. The number of hydrogen-bond acceptors (Lipinski definition) is 8. The van der Waals surface area contributed by atoms with Gasteiger partial charge in [0, 0.05) is 17.1 Å². The van der Waals surface area contributed by atoms with Crippen molar-refractivity contribution >= 4 is 57.7 Å². The molecule has 2 heterocycles. The molecule has 0 aliphatic carbocycles. The van der Waals surface area contributed by atoms with E-state index in [0.717, 1.165) is 5.56 Å². The van der Waals surface area contributed by atoms with Gasteiger partial charge in [-0.2, -0.15) is 0 Å². The van der Waals surface area contributed by atoms with Crippen molar-refractivity contribution in [3.8, 4) is 11.5 Å². The number of amides is 2. The van der Waals surface area contributed by atoms with Gasteiger partial charge in [-0.25, -0.2) is 9.79 Å². The summed E-state index contributed by atoms with van der Waals surface area (Å²) in [6.07, 6.45) is -0.0123. The number of amidine groups is 1. The summed E-state index contributed by atoms with van der Waals surface area (Å²) in [6, 6.07) is 18.8. The van der Waals surface area contributed by atoms with Crippen molar-refractivity contribution in [2.24, 2.45) is 4.99 Å². The predicted octanol–water partition coefficient (Wildman–Crippen LogP) is 5.41. The molecule has 11 heteroatoms. The van der Waals surface area contributed by atoms with Gasteiger partial charge in [0.1, 0.15) is 5.25 Å². The number of aliphatic imine (C=N–C) groups is 1. The highest BCUT2D eigenvalue weighted by Gasteiger charge is 2.36. The molecule has 0 saturated carbocycles. The zero-order chi connectivity index (χ0) is 27.4. The topological polar surface area (TPSA) is 107 Å². The second-order valence-corrected chi connectivity index (χ2v) is 10.2. The van der Waals surface area contributed by atoms with E-state index in [1.807, 2.05) is 12.1 Å². The van der Waals surface area contributed by atoms with E-state index in [1.54, 1.807) is 66.4 Å². The van der Waals surface area contributed by atoms with Crippen molar-refractivity contribution in [2.75, 3.05) is 18.7 Å². The maximum absolute atomic E-state index is 13.4. The minimum absolute atomic E-state index is 0.0123. The first-order chi connectivity index (χ1) is 18.9. The second-order valence-electron chi connectivity index (χ2n) is 8.64. The lowest BCUT2D eigenvalue weighted by Gasteiger charge is -2.32. The lowest BCUT2D eigenvalue weighted by atomic mass is 10.1. The first kappa shape index (κ1) is 26.6. The zero-order valence-electron chi connectivity index (χ0n) is 20.9. The van der Waals surface area contributed by atoms with Crippen LogP contribution in [0.5, 0.6) is 11.5 Å². The summed E-state index contributed by atoms with van der Waals surface area (Å²) in [4.78, 5) is 44.7. The smallest absolute Gasteiger partial charge is 0.338 e. The van der Waals surface area contributed by atoms with Crippen molar-refractivity contribution < 1.29 is 28.6 Å². The molecule has 9 nitrogen and oxygen atoms in total. The van der Waals surface area contributed by atoms with Crippen molar-refractivity contribution in [2.45, 2.75) is 25.1 Å². The van der Waals surface area contributed by atoms with Crippen LogP contribution in [0.1, 0.15) is 29.3 Å². The van der Waals surface area contributed by atoms with Crippen LogP contribution in [-0.2, 0) is 20.9 Å². The zero-order valence-corrected chi connectivity index (χ0v) is 22.5. The van der Waals surface area contributed by atoms with Crippen molar-refractivity contribution in [3.63, 3.8) is 0 Å². The fourth-order valence-corrected chi connectivity index (χ4v) is 5.20. The fraction of sp³-hybridized carbons (Fsp3) is 0.214. The van der Waals surface area contributed by atoms with Gasteiger partial charge in [-0.1, -0.05) is 29.4 Å². The number of esters is 1. The Kier molecular flexibility index (Phi) is 8.04. The van der Waals surface area contributed by atoms with Crippen molar-refractivity contribution in [3.05, 3.63) is 82.9 Å². The van der Waals surface area contributed by atoms with E-state index in [-0.39, 0.29) is 38.2 Å². The largest absolute Gasteiger partial charge is 0.462 e. The number of carbonyl (C=O) groups excluding carboxylic acids is 3. The molecule has 1 atom stereocenters. The van der Waals surface area contributed by atoms with Crippen molar-refractivity contribution in [1.29, 1.82) is 0 Å². The van der Waals surface area contributed by atoms with Crippen LogP contribution >= 0.6 is 23.4 Å². The van der Waals surface area contributed by atoms with Gasteiger partial charge in [0.2, 0.25) is 18.6 Å². The minimum atomic E-state index is -0.707. The van der Waals surface area contributed by atoms with Gasteiger partial charge in [0.05, 0.1) is 24.4 Å². The summed E-state index contributed by atoms with van der Waals surface area (Å²) in [5, 5.41) is 3.08. The number of rotatable bonds is 7. The Morgan fingerprint density at radius 1 is 1.08 bits per heavy atom. The quantitative estimate of drug-likeness (QED) is 0.382. The molecule has 5 rings (SSSR count). The van der Waals surface area contributed by atoms with E-state index in [1.165, 1.54) is 11.8 Å². The summed E-state index contributed by atoms with van der Waals surface area (Å²) in [5.74, 6) is 0.252. The number of halogens is 1. The number of nitrogens with zero attached hydrogens (tertiary/aromatic N) is 2. The number of benzene rings is 3. The first-order valence-corrected chi connectivity index (χ1v) is 13.4. The number of thioether (sulfide) groups is 1. The van der Waals surface area contributed by atoms with Gasteiger partial charge in [0.15, 0.2) is 16.7 Å². The van der Waals surface area contributed by atoms with Crippen LogP contribution in [0.3, 0.4) is 0 Å². The third-order valence-corrected chi connectivity index (χ3v) is 7.36. The highest BCUT2D eigenvalue weighted by Crippen LogP contribution is 2.35. The molecule has 1 N–H and O–H groups in total. The van der Waals surface area contributed by atoms with Gasteiger partial charge in [-0.15, -0.1) is 0 Å². The maximum Gasteiger partial charge on any atom is 0.338 e. The molecule has 0 spiro atoms. The van der Waals surface area contributed by atoms with Crippen LogP contribution in [0, 0.1) is 0 Å². The monoisotopic (exact) mass is 565 g/mol. The normalized spacial score (nSPS) is 17.3. The molecule has 39 heavy (non-hydrogen) atoms. The van der Waals surface area contributed by atoms with Crippen molar-refractivity contribution in [1.82, 2.24) is 4.90 Å². The second kappa shape index (κ2) is 11.8. The van der Waals surface area contributed by atoms with Gasteiger partial charge < -0.3 is 19.5 Å². The van der Waals surface area contributed by atoms with Gasteiger partial charge in [0.25, 0.3) is 0 Å². The maximum atomic E-state index is 13.4. The predicted molar refractivity (Wildman–Crippen MR) is 149 cm³/mol. The van der Waals surface area contributed by atoms with Crippen LogP contribution in [-0.4, -0.2) is 46.5 Å². The first-order valence-electron chi connectivity index (χ1n) is 12.2. The molecule has 0 aromatic heterocycles. The van der Waals surface area contributed by atoms with Gasteiger partial charge in [-0.3, -0.25) is 14.5 Å². The van der Waals surface area contributed by atoms with Gasteiger partial charge in [-0.05, 0) is 73.2 Å². The molecule has 200 valence electrons. The average molecular weight is 566 g/mol. The summed E-state index contributed by atoms with van der Waals surface area (Å²) in [6.45, 7) is 2.41. The fourth-order valence-electron chi connectivity index (χ4n) is 3.97. The van der Waals surface area contributed by atoms with Crippen LogP contribution in [0.15, 0.2) is 71.7 Å². The Labute approximate surface area is 234 Å². The highest BCUT2D eigenvalue weighted by molar-refractivity contribution is 8.15. The molecule has 3 aromatic rings. The minimum Gasteiger partial charge on any atom is -0.462 e. The number of nitrogens with one attached hydrogen (secondary N) is 1. The molecule has 1 unspecified atom stereocenters. The number of carbonyl (C=O) groups is 3. The van der Waals surface area contributed by atoms with E-state index in [0.29, 0.717) is 38.6 Å². The van der Waals surface area contributed by atoms with Crippen LogP contribution in [0.25, 0.3) is 0 Å². The third kappa shape index (κ3) is 6.35. The van der Waals surface area contributed by atoms with Gasteiger partial charge >= 0.3 is 5.97 Å². The Morgan fingerprint density at radius 3 is 2.56 bits per heavy atom. The molecule has 1 saturated heterocycles. The SMILES string of the molecule is CCOC(=O)c1ccc(NC(=O)C2CC(=O)N(Cc3ccc4c(c3)OCO4)C(=Nc3ccc(Cl)cc3)S2)cc1. The van der Waals surface area contributed by atoms with E-state index in [9.17, 15) is 14.4 Å². The van der Waals surface area contributed by atoms with Crippen LogP contribution in [0.2, 0.25) is 5.02 Å². The Balaban J connectivity index is 1.35. The lowest BCUT2D eigenvalue weighted by Crippen LogP contribution is -2.44. The molecule has 0 bridgehead atoms. The van der Waals surface area contributed by atoms with Crippen LogP contribution in [0.4, 0.5) is 11.4 Å². The van der Waals surface area contributed by atoms with E-state index < -0.39 is 11.2 Å². The highest BCUT2D eigenvalue weighted by atomic mass is 35.5. The number of fused-ring (bicyclic) bond motifs is 1. The lowest BCUT2D eigenvalue weighted by molar-refractivity contribution is -0.129. The molecular weight excluding hydrogens is 542 g/mol. The Morgan fingerprint density at radius 2 is 1.82 bits per heavy atom. The standard InChI is InChI=1S/C28H24ClN3O6S/c1-2-36-27(35)18-4-8-20(9-5-18)30-26(34)24-14-25(33)32(15-17-3-12-22-23(13-17)38-16-37-22)28(39-24)31-21-10-6-19(29)7-11-21/h3-13,24H,2,14-16H2,1H3,(H,30,34). The number of anilines is 1. The average Bonchev–Trinajstić information content (AvgIpc) is 3.40. The van der Waals surface area contributed by atoms with E-state index in [2.05, 4.69) is 10.3 Å². The summed E-state index contributed by atoms with van der Waals surface area (Å²) < 4.78 is 15.9.